The van der Waals surface area contributed by atoms with Gasteiger partial charge >= 0.3 is 0 Å². The fraction of sp³-hybridized carbons (Fsp3) is 0.818. The summed E-state index contributed by atoms with van der Waals surface area (Å²) in [6.45, 7) is 7.15. The molecule has 0 aromatic carbocycles. The topological polar surface area (TPSA) is 81.8 Å². The quantitative estimate of drug-likeness (QED) is 0.478. The van der Waals surface area contributed by atoms with E-state index in [-0.39, 0.29) is 0 Å². The number of hydrogen-bond acceptors (Lipinski definition) is 4. The summed E-state index contributed by atoms with van der Waals surface area (Å²) in [6, 6.07) is 0. The van der Waals surface area contributed by atoms with Crippen LogP contribution in [0, 0.1) is 22.2 Å². The Morgan fingerprint density at radius 3 is 1.53 bits per heavy atom. The van der Waals surface area contributed by atoms with E-state index in [0.29, 0.717) is 5.41 Å². The zero-order valence-electron chi connectivity index (χ0n) is 9.72. The van der Waals surface area contributed by atoms with Gasteiger partial charge in [-0.15, -0.1) is 0 Å². The Balaban J connectivity index is 0. The molecule has 0 spiro atoms. The molecular weight excluding hydrogens is 192 g/mol. The summed E-state index contributed by atoms with van der Waals surface area (Å²) >= 11 is 0. The lowest BCUT2D eigenvalue weighted by atomic mass is 9.74. The van der Waals surface area contributed by atoms with Gasteiger partial charge in [0.15, 0.2) is 0 Å². The first kappa shape index (κ1) is 16.2. The predicted molar refractivity (Wildman–Crippen MR) is 58.2 cm³/mol. The van der Waals surface area contributed by atoms with Gasteiger partial charge in [-0.25, -0.2) is 20.4 Å². The molecule has 0 radical (unpaired) electrons. The maximum absolute atomic E-state index is 8.35. The van der Waals surface area contributed by atoms with E-state index in [4.69, 9.17) is 20.4 Å². The average molecular weight is 212 g/mol. The first-order chi connectivity index (χ1) is 6.93. The van der Waals surface area contributed by atoms with Gasteiger partial charge in [0.25, 0.3) is 0 Å². The van der Waals surface area contributed by atoms with Crippen LogP contribution in [0.4, 0.5) is 0 Å². The molecule has 1 fully saturated rings. The van der Waals surface area contributed by atoms with Crippen LogP contribution in [0.1, 0.15) is 46.5 Å². The summed E-state index contributed by atoms with van der Waals surface area (Å²) in [4.78, 5) is 16.7. The molecule has 86 valence electrons. The van der Waals surface area contributed by atoms with Crippen LogP contribution in [-0.4, -0.2) is 12.2 Å². The highest BCUT2D eigenvalue weighted by Gasteiger charge is 2.23. The third-order valence-electron chi connectivity index (χ3n) is 2.63. The lowest BCUT2D eigenvalue weighted by molar-refractivity contribution is 0.201. The van der Waals surface area contributed by atoms with Crippen LogP contribution in [0.15, 0.2) is 0 Å². The van der Waals surface area contributed by atoms with E-state index in [1.165, 1.54) is 25.7 Å². The molecule has 0 atom stereocenters. The van der Waals surface area contributed by atoms with Gasteiger partial charge < -0.3 is 0 Å². The average Bonchev–Trinajstić information content (AvgIpc) is 2.13. The van der Waals surface area contributed by atoms with Crippen LogP contribution >= 0.6 is 0 Å². The fourth-order valence-corrected chi connectivity index (χ4v) is 1.54. The monoisotopic (exact) mass is 212 g/mol. The molecule has 1 saturated carbocycles. The SMILES string of the molecule is CC1CCC(C)(C)CC1.N=C=O.N=C=O. The second-order valence-electron chi connectivity index (χ2n) is 4.55. The van der Waals surface area contributed by atoms with E-state index in [1.807, 2.05) is 0 Å². The molecule has 1 aliphatic carbocycles. The Morgan fingerprint density at radius 2 is 1.33 bits per heavy atom. The van der Waals surface area contributed by atoms with Gasteiger partial charge in [-0.2, -0.15) is 0 Å². The number of nitrogens with one attached hydrogen (secondary N) is 2. The Morgan fingerprint density at radius 1 is 1.07 bits per heavy atom. The molecule has 2 N–H and O–H groups in total. The van der Waals surface area contributed by atoms with Gasteiger partial charge in [0.2, 0.25) is 12.2 Å². The van der Waals surface area contributed by atoms with E-state index >= 15 is 0 Å². The summed E-state index contributed by atoms with van der Waals surface area (Å²) < 4.78 is 0. The normalized spacial score (nSPS) is 18.1. The first-order valence-electron chi connectivity index (χ1n) is 5.01. The van der Waals surface area contributed by atoms with Crippen molar-refractivity contribution in [2.24, 2.45) is 11.3 Å². The Labute approximate surface area is 91.1 Å². The minimum atomic E-state index is 0.659. The van der Waals surface area contributed by atoms with Crippen LogP contribution in [0.25, 0.3) is 0 Å². The van der Waals surface area contributed by atoms with Crippen molar-refractivity contribution < 1.29 is 9.59 Å². The third kappa shape index (κ3) is 12.8. The summed E-state index contributed by atoms with van der Waals surface area (Å²) in [5.74, 6) is 0.998. The number of hydrogen-bond donors (Lipinski definition) is 2. The second-order valence-corrected chi connectivity index (χ2v) is 4.55. The largest absolute Gasteiger partial charge is 0.231 e. The van der Waals surface area contributed by atoms with Crippen molar-refractivity contribution in [3.8, 4) is 0 Å². The zero-order valence-corrected chi connectivity index (χ0v) is 9.72. The first-order valence-corrected chi connectivity index (χ1v) is 5.01. The van der Waals surface area contributed by atoms with Gasteiger partial charge in [-0.3, -0.25) is 0 Å². The third-order valence-corrected chi connectivity index (χ3v) is 2.63. The van der Waals surface area contributed by atoms with Crippen LogP contribution in [0.3, 0.4) is 0 Å². The van der Waals surface area contributed by atoms with Crippen molar-refractivity contribution >= 4 is 12.2 Å². The van der Waals surface area contributed by atoms with E-state index in [2.05, 4.69) is 20.8 Å². The Kier molecular flexibility index (Phi) is 10.1. The smallest absolute Gasteiger partial charge is 0.222 e. The van der Waals surface area contributed by atoms with Gasteiger partial charge in [-0.05, 0) is 24.2 Å². The van der Waals surface area contributed by atoms with E-state index in [1.54, 1.807) is 0 Å². The van der Waals surface area contributed by atoms with Crippen molar-refractivity contribution in [2.45, 2.75) is 46.5 Å². The van der Waals surface area contributed by atoms with Gasteiger partial charge in [-0.1, -0.05) is 33.6 Å². The highest BCUT2D eigenvalue weighted by atomic mass is 16.1. The van der Waals surface area contributed by atoms with E-state index in [0.717, 1.165) is 18.1 Å². The molecule has 0 unspecified atom stereocenters. The lowest BCUT2D eigenvalue weighted by Crippen LogP contribution is -2.19. The molecule has 0 aliphatic heterocycles. The van der Waals surface area contributed by atoms with Crippen molar-refractivity contribution in [1.29, 1.82) is 10.8 Å². The van der Waals surface area contributed by atoms with Crippen molar-refractivity contribution in [1.82, 2.24) is 0 Å². The highest BCUT2D eigenvalue weighted by molar-refractivity contribution is 5.26. The van der Waals surface area contributed by atoms with Gasteiger partial charge in [0.1, 0.15) is 0 Å². The number of carbonyl (C=O) groups excluding carboxylic acids is 2. The molecule has 4 heteroatoms. The molecule has 1 rings (SSSR count). The molecule has 0 heterocycles. The van der Waals surface area contributed by atoms with E-state index < -0.39 is 0 Å². The molecule has 0 aromatic heterocycles. The van der Waals surface area contributed by atoms with Crippen molar-refractivity contribution in [3.05, 3.63) is 0 Å². The zero-order chi connectivity index (χ0) is 12.3. The number of rotatable bonds is 0. The van der Waals surface area contributed by atoms with Crippen molar-refractivity contribution in [3.63, 3.8) is 0 Å². The fourth-order valence-electron chi connectivity index (χ4n) is 1.54. The molecular formula is C11H20N2O2. The van der Waals surface area contributed by atoms with Crippen molar-refractivity contribution in [2.75, 3.05) is 0 Å². The molecule has 4 nitrogen and oxygen atoms in total. The maximum Gasteiger partial charge on any atom is 0.231 e. The van der Waals surface area contributed by atoms with Crippen LogP contribution < -0.4 is 0 Å². The Hall–Kier alpha value is -1.24. The minimum Gasteiger partial charge on any atom is -0.222 e. The van der Waals surface area contributed by atoms with Gasteiger partial charge in [0.05, 0.1) is 0 Å². The van der Waals surface area contributed by atoms with Crippen LogP contribution in [0.5, 0.6) is 0 Å². The highest BCUT2D eigenvalue weighted by Crippen LogP contribution is 2.37. The number of isocyanates is 2. The maximum atomic E-state index is 8.35. The Bertz CT molecular complexity index is 203. The molecule has 0 aromatic rings. The van der Waals surface area contributed by atoms with Crippen LogP contribution in [-0.2, 0) is 9.59 Å². The molecule has 0 saturated heterocycles. The predicted octanol–water partition coefficient (Wildman–Crippen LogP) is 3.02. The standard InChI is InChI=1S/C9H18.2CHNO/c1-8-4-6-9(2,3)7-5-8;2*2-1-3/h8H,4-7H2,1-3H3;2*2H. The molecule has 15 heavy (non-hydrogen) atoms. The molecule has 0 bridgehead atoms. The summed E-state index contributed by atoms with van der Waals surface area (Å²) in [5.41, 5.74) is 0.659. The van der Waals surface area contributed by atoms with Gasteiger partial charge in [0, 0.05) is 0 Å². The lowest BCUT2D eigenvalue weighted by Gasteiger charge is -2.32. The van der Waals surface area contributed by atoms with E-state index in [9.17, 15) is 0 Å². The minimum absolute atomic E-state index is 0.659. The summed E-state index contributed by atoms with van der Waals surface area (Å²) in [5, 5.41) is 10.8. The summed E-state index contributed by atoms with van der Waals surface area (Å²) in [6.07, 6.45) is 7.28. The second kappa shape index (κ2) is 9.32. The molecule has 1 aliphatic rings. The summed E-state index contributed by atoms with van der Waals surface area (Å²) in [7, 11) is 0. The molecule has 0 amide bonds. The van der Waals surface area contributed by atoms with Crippen LogP contribution in [0.2, 0.25) is 0 Å².